The third-order valence-corrected chi connectivity index (χ3v) is 7.07. The summed E-state index contributed by atoms with van der Waals surface area (Å²) in [6.07, 6.45) is 0. The third kappa shape index (κ3) is 5.74. The fourth-order valence-corrected chi connectivity index (χ4v) is 4.44. The van der Waals surface area contributed by atoms with Crippen LogP contribution in [0.15, 0.2) is 0 Å². The molecule has 0 fully saturated rings. The maximum absolute atomic E-state index is 11.6. The van der Waals surface area contributed by atoms with Gasteiger partial charge in [0, 0.05) is 11.8 Å². The molecule has 0 saturated heterocycles. The van der Waals surface area contributed by atoms with Crippen LogP contribution in [0, 0.1) is 0 Å². The molecule has 0 aromatic heterocycles. The Bertz CT molecular complexity index is 381. The molecule has 2 unspecified atom stereocenters. The summed E-state index contributed by atoms with van der Waals surface area (Å²) in [5.41, 5.74) is 0. The van der Waals surface area contributed by atoms with Crippen LogP contribution in [0.4, 0.5) is 0 Å². The van der Waals surface area contributed by atoms with Gasteiger partial charge in [-0.05, 0) is 13.8 Å². The molecule has 0 aliphatic rings. The molecule has 9 heteroatoms. The van der Waals surface area contributed by atoms with Crippen molar-refractivity contribution in [3.05, 3.63) is 0 Å². The van der Waals surface area contributed by atoms with Gasteiger partial charge in [0.1, 0.15) is 10.7 Å². The number of alkyl halides is 2. The minimum atomic E-state index is -3.42. The Morgan fingerprint density at radius 3 is 1.41 bits per heavy atom. The molecular formula is C8H17Cl2NO4S2. The van der Waals surface area contributed by atoms with Crippen molar-refractivity contribution in [3.8, 4) is 0 Å². The second kappa shape index (κ2) is 7.13. The molecule has 0 spiro atoms. The van der Waals surface area contributed by atoms with Crippen LogP contribution in [0.3, 0.4) is 0 Å². The quantitative estimate of drug-likeness (QED) is 0.660. The number of hydrogen-bond donors (Lipinski definition) is 1. The van der Waals surface area contributed by atoms with Crippen LogP contribution >= 0.6 is 23.2 Å². The van der Waals surface area contributed by atoms with E-state index in [1.165, 1.54) is 13.8 Å². The smallest absolute Gasteiger partial charge is 0.167 e. The maximum atomic E-state index is 11.6. The Labute approximate surface area is 113 Å². The summed E-state index contributed by atoms with van der Waals surface area (Å²) in [5, 5.41) is 0.623. The fraction of sp³-hybridized carbons (Fsp3) is 1.00. The molecule has 104 valence electrons. The zero-order chi connectivity index (χ0) is 13.7. The Morgan fingerprint density at radius 1 is 0.882 bits per heavy atom. The second-order valence-electron chi connectivity index (χ2n) is 3.56. The van der Waals surface area contributed by atoms with Gasteiger partial charge in [0.2, 0.25) is 0 Å². The SMILES string of the molecule is CC(NC(C)S(=O)(=O)CCCl)S(=O)(=O)CCCl. The van der Waals surface area contributed by atoms with E-state index in [-0.39, 0.29) is 23.3 Å². The first-order valence-corrected chi connectivity index (χ1v) is 9.48. The zero-order valence-corrected chi connectivity index (χ0v) is 12.8. The lowest BCUT2D eigenvalue weighted by Gasteiger charge is -2.19. The number of nitrogens with one attached hydrogen (secondary N) is 1. The van der Waals surface area contributed by atoms with Gasteiger partial charge in [0.05, 0.1) is 11.5 Å². The molecule has 17 heavy (non-hydrogen) atoms. The van der Waals surface area contributed by atoms with Crippen LogP contribution in [0.1, 0.15) is 13.8 Å². The Morgan fingerprint density at radius 2 is 1.18 bits per heavy atom. The molecule has 0 aliphatic heterocycles. The van der Waals surface area contributed by atoms with Crippen molar-refractivity contribution in [2.45, 2.75) is 24.6 Å². The van der Waals surface area contributed by atoms with E-state index in [1.54, 1.807) is 0 Å². The molecule has 0 radical (unpaired) electrons. The summed E-state index contributed by atoms with van der Waals surface area (Å²) >= 11 is 10.7. The first kappa shape index (κ1) is 17.4. The van der Waals surface area contributed by atoms with Crippen LogP contribution in [-0.4, -0.2) is 50.8 Å². The van der Waals surface area contributed by atoms with E-state index >= 15 is 0 Å². The second-order valence-corrected chi connectivity index (χ2v) is 9.20. The first-order valence-electron chi connectivity index (χ1n) is 4.98. The summed E-state index contributed by atoms with van der Waals surface area (Å²) in [4.78, 5) is 0. The van der Waals surface area contributed by atoms with E-state index in [1.807, 2.05) is 0 Å². The van der Waals surface area contributed by atoms with Gasteiger partial charge in [0.15, 0.2) is 19.7 Å². The average molecular weight is 326 g/mol. The topological polar surface area (TPSA) is 80.3 Å². The van der Waals surface area contributed by atoms with E-state index in [9.17, 15) is 16.8 Å². The summed E-state index contributed by atoms with van der Waals surface area (Å²) < 4.78 is 46.3. The van der Waals surface area contributed by atoms with Gasteiger partial charge in [-0.15, -0.1) is 23.2 Å². The lowest BCUT2D eigenvalue weighted by molar-refractivity contribution is 0.536. The molecule has 2 atom stereocenters. The van der Waals surface area contributed by atoms with Gasteiger partial charge >= 0.3 is 0 Å². The van der Waals surface area contributed by atoms with Crippen molar-refractivity contribution < 1.29 is 16.8 Å². The summed E-state index contributed by atoms with van der Waals surface area (Å²) in [6.45, 7) is 2.79. The number of sulfone groups is 2. The average Bonchev–Trinajstić information content (AvgIpc) is 2.17. The van der Waals surface area contributed by atoms with Crippen molar-refractivity contribution in [1.29, 1.82) is 0 Å². The Balaban J connectivity index is 4.65. The van der Waals surface area contributed by atoms with Gasteiger partial charge in [-0.25, -0.2) is 16.8 Å². The molecule has 0 heterocycles. The highest BCUT2D eigenvalue weighted by atomic mass is 35.5. The number of hydrogen-bond acceptors (Lipinski definition) is 5. The molecular weight excluding hydrogens is 309 g/mol. The molecule has 0 aliphatic carbocycles. The van der Waals surface area contributed by atoms with E-state index in [4.69, 9.17) is 23.2 Å². The largest absolute Gasteiger partial charge is 0.286 e. The van der Waals surface area contributed by atoms with Crippen molar-refractivity contribution in [3.63, 3.8) is 0 Å². The van der Waals surface area contributed by atoms with Gasteiger partial charge in [-0.3, -0.25) is 5.32 Å². The van der Waals surface area contributed by atoms with Crippen molar-refractivity contribution >= 4 is 42.9 Å². The predicted molar refractivity (Wildman–Crippen MR) is 71.1 cm³/mol. The van der Waals surface area contributed by atoms with Crippen LogP contribution in [0.5, 0.6) is 0 Å². The minimum absolute atomic E-state index is 0.0167. The molecule has 0 aromatic rings. The fourth-order valence-electron chi connectivity index (χ4n) is 1.11. The summed E-state index contributed by atoms with van der Waals surface area (Å²) in [6, 6.07) is 0. The predicted octanol–water partition coefficient (Wildman–Crippen LogP) is 0.575. The van der Waals surface area contributed by atoms with Crippen molar-refractivity contribution in [2.24, 2.45) is 0 Å². The van der Waals surface area contributed by atoms with Gasteiger partial charge in [0.25, 0.3) is 0 Å². The Hall–Kier alpha value is 0.440. The van der Waals surface area contributed by atoms with E-state index in [0.717, 1.165) is 0 Å². The van der Waals surface area contributed by atoms with Gasteiger partial charge in [-0.2, -0.15) is 0 Å². The maximum Gasteiger partial charge on any atom is 0.167 e. The highest BCUT2D eigenvalue weighted by Gasteiger charge is 2.27. The van der Waals surface area contributed by atoms with E-state index in [0.29, 0.717) is 0 Å². The van der Waals surface area contributed by atoms with Crippen LogP contribution < -0.4 is 5.32 Å². The lowest BCUT2D eigenvalue weighted by Crippen LogP contribution is -2.45. The molecule has 1 N–H and O–H groups in total. The van der Waals surface area contributed by atoms with Gasteiger partial charge in [-0.1, -0.05) is 0 Å². The standard InChI is InChI=1S/C8H17Cl2NO4S2/c1-7(16(12,13)5-3-9)11-8(2)17(14,15)6-4-10/h7-8,11H,3-6H2,1-2H3. The third-order valence-electron chi connectivity index (χ3n) is 2.27. The van der Waals surface area contributed by atoms with E-state index in [2.05, 4.69) is 5.32 Å². The highest BCUT2D eigenvalue weighted by molar-refractivity contribution is 7.92. The molecule has 0 bridgehead atoms. The van der Waals surface area contributed by atoms with E-state index < -0.39 is 30.4 Å². The van der Waals surface area contributed by atoms with Crippen LogP contribution in [0.25, 0.3) is 0 Å². The lowest BCUT2D eigenvalue weighted by atomic mass is 10.6. The molecule has 5 nitrogen and oxygen atoms in total. The first-order chi connectivity index (χ1) is 7.67. The van der Waals surface area contributed by atoms with Crippen molar-refractivity contribution in [1.82, 2.24) is 5.32 Å². The molecule has 0 rings (SSSR count). The Kier molecular flexibility index (Phi) is 7.32. The van der Waals surface area contributed by atoms with Crippen molar-refractivity contribution in [2.75, 3.05) is 23.3 Å². The molecule has 0 aromatic carbocycles. The normalized spacial score (nSPS) is 16.7. The summed E-state index contributed by atoms with van der Waals surface area (Å²) in [5.74, 6) is -0.412. The molecule has 0 saturated carbocycles. The number of rotatable bonds is 8. The minimum Gasteiger partial charge on any atom is -0.286 e. The molecule has 0 amide bonds. The zero-order valence-electron chi connectivity index (χ0n) is 9.69. The summed E-state index contributed by atoms with van der Waals surface area (Å²) in [7, 11) is -6.84. The monoisotopic (exact) mass is 325 g/mol. The number of halogens is 2. The van der Waals surface area contributed by atoms with Gasteiger partial charge < -0.3 is 0 Å². The van der Waals surface area contributed by atoms with Crippen LogP contribution in [-0.2, 0) is 19.7 Å². The van der Waals surface area contributed by atoms with Crippen LogP contribution in [0.2, 0.25) is 0 Å². The highest BCUT2D eigenvalue weighted by Crippen LogP contribution is 2.06.